The molecule has 0 N–H and O–H groups in total. The Kier molecular flexibility index (Phi) is 6.53. The summed E-state index contributed by atoms with van der Waals surface area (Å²) >= 11 is 0. The van der Waals surface area contributed by atoms with Gasteiger partial charge in [0.05, 0.1) is 0 Å². The zero-order chi connectivity index (χ0) is 16.0. The van der Waals surface area contributed by atoms with E-state index in [0.29, 0.717) is 5.41 Å². The summed E-state index contributed by atoms with van der Waals surface area (Å²) < 4.78 is 0. The van der Waals surface area contributed by atoms with Gasteiger partial charge in [-0.3, -0.25) is 0 Å². The van der Waals surface area contributed by atoms with Gasteiger partial charge in [-0.25, -0.2) is 0 Å². The van der Waals surface area contributed by atoms with Crippen LogP contribution in [0.15, 0.2) is 24.3 Å². The molecule has 0 aliphatic heterocycles. The molecule has 0 heteroatoms. The van der Waals surface area contributed by atoms with Gasteiger partial charge in [0.2, 0.25) is 0 Å². The zero-order valence-electron chi connectivity index (χ0n) is 15.3. The van der Waals surface area contributed by atoms with E-state index in [1.807, 2.05) is 0 Å². The average molecular weight is 301 g/mol. The molecule has 0 aromatic heterocycles. The van der Waals surface area contributed by atoms with Gasteiger partial charge in [-0.2, -0.15) is 0 Å². The summed E-state index contributed by atoms with van der Waals surface area (Å²) in [5.41, 5.74) is 3.61. The van der Waals surface area contributed by atoms with Crippen molar-refractivity contribution in [3.05, 3.63) is 35.4 Å². The van der Waals surface area contributed by atoms with Crippen molar-refractivity contribution in [3.63, 3.8) is 0 Å². The summed E-state index contributed by atoms with van der Waals surface area (Å²) in [6, 6.07) is 9.41. The predicted octanol–water partition coefficient (Wildman–Crippen LogP) is 7.27. The molecule has 1 aliphatic carbocycles. The smallest absolute Gasteiger partial charge is 0.0154 e. The second kappa shape index (κ2) is 8.18. The lowest BCUT2D eigenvalue weighted by Gasteiger charge is -2.45. The molecule has 1 saturated carbocycles. The lowest BCUT2D eigenvalue weighted by molar-refractivity contribution is 0.0904. The highest BCUT2D eigenvalue weighted by molar-refractivity contribution is 5.25. The maximum absolute atomic E-state index is 2.40. The monoisotopic (exact) mass is 300 g/mol. The summed E-state index contributed by atoms with van der Waals surface area (Å²) in [6.45, 7) is 9.31. The highest BCUT2D eigenvalue weighted by Gasteiger charge is 2.39. The minimum absolute atomic E-state index is 0.622. The number of benzene rings is 1. The van der Waals surface area contributed by atoms with Crippen LogP contribution in [0.3, 0.4) is 0 Å². The zero-order valence-corrected chi connectivity index (χ0v) is 15.3. The third kappa shape index (κ3) is 4.37. The van der Waals surface area contributed by atoms with Gasteiger partial charge in [-0.05, 0) is 61.8 Å². The van der Waals surface area contributed by atoms with Crippen LogP contribution in [0.1, 0.15) is 95.6 Å². The second-order valence-electron chi connectivity index (χ2n) is 7.91. The van der Waals surface area contributed by atoms with E-state index >= 15 is 0 Å². The van der Waals surface area contributed by atoms with Crippen LogP contribution < -0.4 is 0 Å². The molecule has 0 nitrogen and oxygen atoms in total. The predicted molar refractivity (Wildman–Crippen MR) is 98.4 cm³/mol. The fourth-order valence-electron chi connectivity index (χ4n) is 5.10. The van der Waals surface area contributed by atoms with E-state index in [1.165, 1.54) is 63.4 Å². The molecule has 2 rings (SSSR count). The van der Waals surface area contributed by atoms with E-state index in [2.05, 4.69) is 52.0 Å². The van der Waals surface area contributed by atoms with Crippen molar-refractivity contribution in [2.75, 3.05) is 0 Å². The standard InChI is InChI=1S/C22H36/c1-5-8-19-15-21(20-11-9-18(4)10-12-20)17-22(16-19,13-6-2)14-7-3/h9-12,19,21H,5-8,13-17H2,1-4H3. The van der Waals surface area contributed by atoms with Crippen LogP contribution in [-0.4, -0.2) is 0 Å². The van der Waals surface area contributed by atoms with E-state index in [0.717, 1.165) is 11.8 Å². The van der Waals surface area contributed by atoms with Gasteiger partial charge < -0.3 is 0 Å². The largest absolute Gasteiger partial charge is 0.0654 e. The van der Waals surface area contributed by atoms with Crippen molar-refractivity contribution >= 4 is 0 Å². The first-order chi connectivity index (χ1) is 10.6. The van der Waals surface area contributed by atoms with Gasteiger partial charge in [0.15, 0.2) is 0 Å². The van der Waals surface area contributed by atoms with Crippen molar-refractivity contribution in [2.45, 2.75) is 91.4 Å². The normalized spacial score (nSPS) is 24.4. The van der Waals surface area contributed by atoms with E-state index in [4.69, 9.17) is 0 Å². The molecular formula is C22H36. The Balaban J connectivity index is 2.23. The Morgan fingerprint density at radius 3 is 2.09 bits per heavy atom. The van der Waals surface area contributed by atoms with Gasteiger partial charge >= 0.3 is 0 Å². The van der Waals surface area contributed by atoms with Crippen LogP contribution >= 0.6 is 0 Å². The number of hydrogen-bond acceptors (Lipinski definition) is 0. The Bertz CT molecular complexity index is 422. The molecule has 2 atom stereocenters. The molecule has 2 unspecified atom stereocenters. The molecule has 0 saturated heterocycles. The molecule has 0 bridgehead atoms. The Morgan fingerprint density at radius 2 is 1.55 bits per heavy atom. The van der Waals surface area contributed by atoms with Gasteiger partial charge in [0.1, 0.15) is 0 Å². The van der Waals surface area contributed by atoms with Crippen molar-refractivity contribution in [1.82, 2.24) is 0 Å². The summed E-state index contributed by atoms with van der Waals surface area (Å²) in [5.74, 6) is 1.74. The third-order valence-corrected chi connectivity index (χ3v) is 5.83. The number of hydrogen-bond donors (Lipinski definition) is 0. The van der Waals surface area contributed by atoms with E-state index < -0.39 is 0 Å². The molecule has 0 amide bonds. The maximum atomic E-state index is 2.40. The second-order valence-corrected chi connectivity index (χ2v) is 7.91. The number of aryl methyl sites for hydroxylation is 1. The SMILES string of the molecule is CCCC1CC(c2ccc(C)cc2)CC(CCC)(CCC)C1. The highest BCUT2D eigenvalue weighted by Crippen LogP contribution is 2.52. The van der Waals surface area contributed by atoms with E-state index in [9.17, 15) is 0 Å². The van der Waals surface area contributed by atoms with Crippen molar-refractivity contribution in [2.24, 2.45) is 11.3 Å². The van der Waals surface area contributed by atoms with Gasteiger partial charge in [0.25, 0.3) is 0 Å². The first-order valence-corrected chi connectivity index (χ1v) is 9.69. The van der Waals surface area contributed by atoms with Crippen LogP contribution in [0.4, 0.5) is 0 Å². The molecule has 0 heterocycles. The summed E-state index contributed by atoms with van der Waals surface area (Å²) in [4.78, 5) is 0. The van der Waals surface area contributed by atoms with Crippen LogP contribution in [-0.2, 0) is 0 Å². The van der Waals surface area contributed by atoms with E-state index in [1.54, 1.807) is 5.56 Å². The summed E-state index contributed by atoms with van der Waals surface area (Å²) in [5, 5.41) is 0. The van der Waals surface area contributed by atoms with Gasteiger partial charge in [-0.1, -0.05) is 76.3 Å². The average Bonchev–Trinajstić information content (AvgIpc) is 2.48. The lowest BCUT2D eigenvalue weighted by atomic mass is 9.60. The van der Waals surface area contributed by atoms with Crippen LogP contribution in [0.25, 0.3) is 0 Å². The van der Waals surface area contributed by atoms with Gasteiger partial charge in [-0.15, -0.1) is 0 Å². The molecule has 124 valence electrons. The molecule has 1 aromatic rings. The molecule has 22 heavy (non-hydrogen) atoms. The quantitative estimate of drug-likeness (QED) is 0.497. The van der Waals surface area contributed by atoms with Crippen molar-refractivity contribution in [1.29, 1.82) is 0 Å². The van der Waals surface area contributed by atoms with E-state index in [-0.39, 0.29) is 0 Å². The fourth-order valence-corrected chi connectivity index (χ4v) is 5.10. The molecule has 1 fully saturated rings. The minimum Gasteiger partial charge on any atom is -0.0654 e. The van der Waals surface area contributed by atoms with Crippen LogP contribution in [0.5, 0.6) is 0 Å². The summed E-state index contributed by atoms with van der Waals surface area (Å²) in [7, 11) is 0. The van der Waals surface area contributed by atoms with Gasteiger partial charge in [0, 0.05) is 0 Å². The van der Waals surface area contributed by atoms with Crippen molar-refractivity contribution in [3.8, 4) is 0 Å². The third-order valence-electron chi connectivity index (χ3n) is 5.83. The number of rotatable bonds is 7. The Morgan fingerprint density at radius 1 is 0.909 bits per heavy atom. The molecule has 0 spiro atoms. The Hall–Kier alpha value is -0.780. The Labute approximate surface area is 138 Å². The topological polar surface area (TPSA) is 0 Å². The first-order valence-electron chi connectivity index (χ1n) is 9.69. The fraction of sp³-hybridized carbons (Fsp3) is 0.727. The minimum atomic E-state index is 0.622. The van der Waals surface area contributed by atoms with Crippen molar-refractivity contribution < 1.29 is 0 Å². The molecule has 1 aliphatic rings. The highest BCUT2D eigenvalue weighted by atomic mass is 14.4. The summed E-state index contributed by atoms with van der Waals surface area (Å²) in [6.07, 6.45) is 12.7. The molecular weight excluding hydrogens is 264 g/mol. The molecule has 0 radical (unpaired) electrons. The van der Waals surface area contributed by atoms with Crippen LogP contribution in [0.2, 0.25) is 0 Å². The maximum Gasteiger partial charge on any atom is -0.0154 e. The lowest BCUT2D eigenvalue weighted by Crippen LogP contribution is -2.32. The molecule has 1 aromatic carbocycles. The van der Waals surface area contributed by atoms with Crippen LogP contribution in [0, 0.1) is 18.3 Å². The first kappa shape index (κ1) is 17.6.